The molecule has 0 fully saturated rings. The monoisotopic (exact) mass is 382 g/mol. The summed E-state index contributed by atoms with van der Waals surface area (Å²) < 4.78 is 6.29. The van der Waals surface area contributed by atoms with Crippen LogP contribution in [0.2, 0.25) is 0 Å². The van der Waals surface area contributed by atoms with E-state index >= 15 is 0 Å². The molecule has 0 amide bonds. The zero-order valence-electron chi connectivity index (χ0n) is 11.2. The minimum Gasteiger partial charge on any atom is -0.497 e. The summed E-state index contributed by atoms with van der Waals surface area (Å²) in [6, 6.07) is 12.5. The Balaban J connectivity index is 2.47. The summed E-state index contributed by atoms with van der Waals surface area (Å²) in [6.45, 7) is 4.29. The third-order valence-corrected chi connectivity index (χ3v) is 4.91. The molecule has 0 aliphatic rings. The third kappa shape index (κ3) is 3.03. The predicted octanol–water partition coefficient (Wildman–Crippen LogP) is 5.56. The van der Waals surface area contributed by atoms with Gasteiger partial charge in [-0.05, 0) is 48.2 Å². The second-order valence-electron chi connectivity index (χ2n) is 4.56. The first-order valence-electron chi connectivity index (χ1n) is 6.08. The topological polar surface area (TPSA) is 9.23 Å². The molecule has 0 saturated heterocycles. The fourth-order valence-electron chi connectivity index (χ4n) is 2.22. The third-order valence-electron chi connectivity index (χ3n) is 3.28. The smallest absolute Gasteiger partial charge is 0.120 e. The average molecular weight is 384 g/mol. The molecule has 0 aliphatic carbocycles. The summed E-state index contributed by atoms with van der Waals surface area (Å²) >= 11 is 7.45. The molecule has 2 rings (SSSR count). The first kappa shape index (κ1) is 14.6. The summed E-state index contributed by atoms with van der Waals surface area (Å²) in [5, 5.41) is 0. The number of ether oxygens (including phenoxy) is 1. The number of alkyl halides is 1. The van der Waals surface area contributed by atoms with Crippen LogP contribution in [0.4, 0.5) is 0 Å². The van der Waals surface area contributed by atoms with Crippen LogP contribution in [0.1, 0.15) is 27.1 Å². The van der Waals surface area contributed by atoms with Crippen LogP contribution >= 0.6 is 31.9 Å². The molecule has 0 spiro atoms. The summed E-state index contributed by atoms with van der Waals surface area (Å²) in [7, 11) is 1.68. The summed E-state index contributed by atoms with van der Waals surface area (Å²) in [5.74, 6) is 0.858. The number of aryl methyl sites for hydroxylation is 2. The number of methoxy groups -OCH3 is 1. The van der Waals surface area contributed by atoms with Crippen molar-refractivity contribution in [1.29, 1.82) is 0 Å². The Hall–Kier alpha value is -0.800. The van der Waals surface area contributed by atoms with Crippen LogP contribution in [0.3, 0.4) is 0 Å². The first-order chi connectivity index (χ1) is 9.04. The van der Waals surface area contributed by atoms with Gasteiger partial charge in [0.1, 0.15) is 5.75 Å². The van der Waals surface area contributed by atoms with Gasteiger partial charge in [0.2, 0.25) is 0 Å². The quantitative estimate of drug-likeness (QED) is 0.630. The van der Waals surface area contributed by atoms with Gasteiger partial charge in [0.05, 0.1) is 11.9 Å². The maximum absolute atomic E-state index is 5.24. The maximum atomic E-state index is 5.24. The van der Waals surface area contributed by atoms with Crippen molar-refractivity contribution in [3.8, 4) is 5.75 Å². The van der Waals surface area contributed by atoms with Crippen molar-refractivity contribution in [2.75, 3.05) is 7.11 Å². The highest BCUT2D eigenvalue weighted by molar-refractivity contribution is 9.11. The molecule has 2 aromatic rings. The van der Waals surface area contributed by atoms with E-state index in [-0.39, 0.29) is 4.83 Å². The van der Waals surface area contributed by atoms with Crippen molar-refractivity contribution in [2.24, 2.45) is 0 Å². The van der Waals surface area contributed by atoms with Crippen LogP contribution in [0.15, 0.2) is 40.9 Å². The van der Waals surface area contributed by atoms with Gasteiger partial charge in [-0.3, -0.25) is 0 Å². The highest BCUT2D eigenvalue weighted by Gasteiger charge is 2.17. The number of rotatable bonds is 3. The average Bonchev–Trinajstić information content (AvgIpc) is 2.38. The lowest BCUT2D eigenvalue weighted by molar-refractivity contribution is 0.414. The predicted molar refractivity (Wildman–Crippen MR) is 87.4 cm³/mol. The molecule has 2 aromatic carbocycles. The largest absolute Gasteiger partial charge is 0.497 e. The Kier molecular flexibility index (Phi) is 4.69. The van der Waals surface area contributed by atoms with Gasteiger partial charge in [-0.15, -0.1) is 0 Å². The Morgan fingerprint density at radius 1 is 1.05 bits per heavy atom. The minimum atomic E-state index is 0.175. The van der Waals surface area contributed by atoms with E-state index in [1.165, 1.54) is 22.3 Å². The van der Waals surface area contributed by atoms with Gasteiger partial charge in [0.25, 0.3) is 0 Å². The molecule has 0 heterocycles. The summed E-state index contributed by atoms with van der Waals surface area (Å²) in [5.41, 5.74) is 5.13. The van der Waals surface area contributed by atoms with E-state index in [0.29, 0.717) is 0 Å². The van der Waals surface area contributed by atoms with Gasteiger partial charge < -0.3 is 4.74 Å². The van der Waals surface area contributed by atoms with Crippen LogP contribution in [-0.4, -0.2) is 7.11 Å². The molecule has 19 heavy (non-hydrogen) atoms. The molecule has 3 heteroatoms. The highest BCUT2D eigenvalue weighted by atomic mass is 79.9. The van der Waals surface area contributed by atoms with Gasteiger partial charge >= 0.3 is 0 Å². The molecular weight excluding hydrogens is 368 g/mol. The molecule has 1 atom stereocenters. The first-order valence-corrected chi connectivity index (χ1v) is 7.79. The molecule has 0 saturated carbocycles. The molecule has 0 bridgehead atoms. The van der Waals surface area contributed by atoms with Crippen molar-refractivity contribution >= 4 is 31.9 Å². The lowest BCUT2D eigenvalue weighted by Gasteiger charge is -2.18. The van der Waals surface area contributed by atoms with Crippen LogP contribution in [0.5, 0.6) is 5.75 Å². The van der Waals surface area contributed by atoms with Gasteiger partial charge in [0.15, 0.2) is 0 Å². The van der Waals surface area contributed by atoms with Crippen molar-refractivity contribution in [2.45, 2.75) is 18.7 Å². The number of halogens is 2. The molecule has 0 aliphatic heterocycles. The number of benzene rings is 2. The Labute approximate surface area is 131 Å². The van der Waals surface area contributed by atoms with Gasteiger partial charge in [-0.2, -0.15) is 0 Å². The minimum absolute atomic E-state index is 0.175. The lowest BCUT2D eigenvalue weighted by atomic mass is 9.96. The standard InChI is InChI=1S/C16H16Br2O/c1-10-5-4-6-11(2)15(10)16(18)13-8-7-12(19-3)9-14(13)17/h4-9,16H,1-3H3. The van der Waals surface area contributed by atoms with Crippen molar-refractivity contribution < 1.29 is 4.74 Å². The van der Waals surface area contributed by atoms with Crippen molar-refractivity contribution in [3.63, 3.8) is 0 Å². The second-order valence-corrected chi connectivity index (χ2v) is 6.33. The normalized spacial score (nSPS) is 12.3. The summed E-state index contributed by atoms with van der Waals surface area (Å²) in [6.07, 6.45) is 0. The number of hydrogen-bond donors (Lipinski definition) is 0. The van der Waals surface area contributed by atoms with Crippen LogP contribution in [0, 0.1) is 13.8 Å². The Morgan fingerprint density at radius 3 is 2.21 bits per heavy atom. The molecule has 100 valence electrons. The van der Waals surface area contributed by atoms with Crippen LogP contribution < -0.4 is 4.74 Å². The van der Waals surface area contributed by atoms with Gasteiger partial charge in [-0.25, -0.2) is 0 Å². The van der Waals surface area contributed by atoms with Gasteiger partial charge in [-0.1, -0.05) is 56.1 Å². The van der Waals surface area contributed by atoms with E-state index < -0.39 is 0 Å². The summed E-state index contributed by atoms with van der Waals surface area (Å²) in [4.78, 5) is 0.175. The molecule has 0 aromatic heterocycles. The zero-order valence-corrected chi connectivity index (χ0v) is 14.4. The number of hydrogen-bond acceptors (Lipinski definition) is 1. The van der Waals surface area contributed by atoms with Crippen LogP contribution in [-0.2, 0) is 0 Å². The van der Waals surface area contributed by atoms with E-state index in [1.54, 1.807) is 7.11 Å². The Morgan fingerprint density at radius 2 is 1.68 bits per heavy atom. The zero-order chi connectivity index (χ0) is 14.0. The second kappa shape index (κ2) is 6.10. The molecular formula is C16H16Br2O. The maximum Gasteiger partial charge on any atom is 0.120 e. The lowest BCUT2D eigenvalue weighted by Crippen LogP contribution is -2.00. The van der Waals surface area contributed by atoms with Gasteiger partial charge in [0, 0.05) is 4.47 Å². The van der Waals surface area contributed by atoms with E-state index in [2.05, 4.69) is 70.0 Å². The highest BCUT2D eigenvalue weighted by Crippen LogP contribution is 2.39. The fraction of sp³-hybridized carbons (Fsp3) is 0.250. The molecule has 0 radical (unpaired) electrons. The van der Waals surface area contributed by atoms with Crippen LogP contribution in [0.25, 0.3) is 0 Å². The molecule has 1 unspecified atom stereocenters. The van der Waals surface area contributed by atoms with E-state index in [1.807, 2.05) is 12.1 Å². The van der Waals surface area contributed by atoms with E-state index in [4.69, 9.17) is 4.74 Å². The van der Waals surface area contributed by atoms with Crippen molar-refractivity contribution in [1.82, 2.24) is 0 Å². The fourth-order valence-corrected chi connectivity index (χ4v) is 4.24. The molecule has 0 N–H and O–H groups in total. The van der Waals surface area contributed by atoms with E-state index in [9.17, 15) is 0 Å². The van der Waals surface area contributed by atoms with Crippen molar-refractivity contribution in [3.05, 3.63) is 63.1 Å². The Bertz CT molecular complexity index is 573. The SMILES string of the molecule is COc1ccc(C(Br)c2c(C)cccc2C)c(Br)c1. The van der Waals surface area contributed by atoms with E-state index in [0.717, 1.165) is 10.2 Å². The molecule has 1 nitrogen and oxygen atoms in total.